The Labute approximate surface area is 260 Å². The summed E-state index contributed by atoms with van der Waals surface area (Å²) in [6.07, 6.45) is 0. The summed E-state index contributed by atoms with van der Waals surface area (Å²) in [4.78, 5) is 44.2. The summed E-state index contributed by atoms with van der Waals surface area (Å²) in [5.74, 6) is -1.05. The number of methoxy groups -OCH3 is 1. The van der Waals surface area contributed by atoms with E-state index in [0.717, 1.165) is 5.69 Å². The lowest BCUT2D eigenvalue weighted by Crippen LogP contribution is -2.50. The van der Waals surface area contributed by atoms with E-state index >= 15 is 0 Å². The second kappa shape index (κ2) is 14.3. The molecule has 0 bridgehead atoms. The van der Waals surface area contributed by atoms with E-state index in [1.54, 1.807) is 60.5 Å². The highest BCUT2D eigenvalue weighted by Crippen LogP contribution is 2.21. The van der Waals surface area contributed by atoms with E-state index in [0.29, 0.717) is 48.9 Å². The summed E-state index contributed by atoms with van der Waals surface area (Å²) in [7, 11) is 1.59. The van der Waals surface area contributed by atoms with Gasteiger partial charge in [0, 0.05) is 55.3 Å². The number of halogens is 2. The van der Waals surface area contributed by atoms with Gasteiger partial charge in [0.05, 0.1) is 7.11 Å². The van der Waals surface area contributed by atoms with Crippen molar-refractivity contribution in [1.29, 1.82) is 0 Å². The lowest BCUT2D eigenvalue weighted by atomic mass is 10.1. The van der Waals surface area contributed by atoms with Crippen LogP contribution in [-0.4, -0.2) is 67.5 Å². The highest BCUT2D eigenvalue weighted by molar-refractivity contribution is 5.99. The monoisotopic (exact) mass is 613 g/mol. The van der Waals surface area contributed by atoms with Crippen LogP contribution in [0.25, 0.3) is 0 Å². The number of carbonyl (C=O) groups excluding carboxylic acids is 3. The van der Waals surface area contributed by atoms with E-state index in [1.165, 1.54) is 41.3 Å². The second-order valence-corrected chi connectivity index (χ2v) is 10.5. The molecule has 1 aliphatic rings. The summed E-state index contributed by atoms with van der Waals surface area (Å²) >= 11 is 0. The Bertz CT molecular complexity index is 1610. The number of benzene rings is 4. The average Bonchev–Trinajstić information content (AvgIpc) is 3.06. The molecular formula is C34H33F2N5O4. The van der Waals surface area contributed by atoms with Gasteiger partial charge in [-0.3, -0.25) is 9.59 Å². The molecule has 0 aliphatic carbocycles. The number of hydrogen-bond acceptors (Lipinski definition) is 5. The first-order valence-electron chi connectivity index (χ1n) is 14.4. The molecule has 232 valence electrons. The molecule has 1 heterocycles. The number of nitrogens with zero attached hydrogens (tertiary/aromatic N) is 3. The van der Waals surface area contributed by atoms with Gasteiger partial charge in [0.1, 0.15) is 23.9 Å². The first-order chi connectivity index (χ1) is 21.8. The minimum atomic E-state index is -0.477. The van der Waals surface area contributed by atoms with Gasteiger partial charge in [-0.2, -0.15) is 0 Å². The maximum absolute atomic E-state index is 13.4. The summed E-state index contributed by atoms with van der Waals surface area (Å²) < 4.78 is 32.0. The number of carbonyl (C=O) groups is 3. The predicted octanol–water partition coefficient (Wildman–Crippen LogP) is 5.61. The zero-order valence-corrected chi connectivity index (χ0v) is 24.7. The third kappa shape index (κ3) is 8.35. The predicted molar refractivity (Wildman–Crippen MR) is 168 cm³/mol. The highest BCUT2D eigenvalue weighted by Gasteiger charge is 2.22. The normalized spacial score (nSPS) is 12.8. The van der Waals surface area contributed by atoms with Gasteiger partial charge in [-0.05, 0) is 90.5 Å². The van der Waals surface area contributed by atoms with E-state index in [9.17, 15) is 23.2 Å². The third-order valence-electron chi connectivity index (χ3n) is 7.42. The van der Waals surface area contributed by atoms with Crippen molar-refractivity contribution >= 4 is 34.9 Å². The van der Waals surface area contributed by atoms with Crippen molar-refractivity contribution in [2.45, 2.75) is 6.54 Å². The van der Waals surface area contributed by atoms with E-state index in [1.807, 2.05) is 12.1 Å². The van der Waals surface area contributed by atoms with E-state index in [4.69, 9.17) is 4.74 Å². The average molecular weight is 614 g/mol. The quantitative estimate of drug-likeness (QED) is 0.256. The molecule has 2 N–H and O–H groups in total. The lowest BCUT2D eigenvalue weighted by molar-refractivity contribution is -0.117. The minimum absolute atomic E-state index is 0.0624. The van der Waals surface area contributed by atoms with Crippen LogP contribution in [-0.2, 0) is 11.3 Å². The Balaban J connectivity index is 1.15. The molecule has 45 heavy (non-hydrogen) atoms. The van der Waals surface area contributed by atoms with Crippen molar-refractivity contribution in [2.75, 3.05) is 55.4 Å². The molecule has 0 radical (unpaired) electrons. The van der Waals surface area contributed by atoms with Crippen LogP contribution in [0.1, 0.15) is 15.9 Å². The van der Waals surface area contributed by atoms with Gasteiger partial charge in [0.2, 0.25) is 5.91 Å². The first-order valence-corrected chi connectivity index (χ1v) is 14.4. The minimum Gasteiger partial charge on any atom is -0.497 e. The second-order valence-electron chi connectivity index (χ2n) is 10.5. The number of anilines is 3. The zero-order chi connectivity index (χ0) is 31.8. The van der Waals surface area contributed by atoms with Crippen LogP contribution in [0, 0.1) is 11.6 Å². The van der Waals surface area contributed by atoms with Crippen molar-refractivity contribution in [3.05, 3.63) is 120 Å². The maximum atomic E-state index is 13.4. The molecule has 11 heteroatoms. The number of piperazine rings is 1. The Morgan fingerprint density at radius 1 is 0.733 bits per heavy atom. The van der Waals surface area contributed by atoms with Crippen molar-refractivity contribution in [3.63, 3.8) is 0 Å². The molecule has 4 amide bonds. The van der Waals surface area contributed by atoms with Crippen molar-refractivity contribution in [2.24, 2.45) is 0 Å². The maximum Gasteiger partial charge on any atom is 0.321 e. The van der Waals surface area contributed by atoms with Gasteiger partial charge < -0.3 is 30.1 Å². The smallest absolute Gasteiger partial charge is 0.321 e. The first kappa shape index (κ1) is 31.0. The molecule has 4 aromatic rings. The summed E-state index contributed by atoms with van der Waals surface area (Å²) in [5.41, 5.74) is 3.07. The van der Waals surface area contributed by atoms with Crippen LogP contribution in [0.4, 0.5) is 30.6 Å². The van der Waals surface area contributed by atoms with E-state index < -0.39 is 23.4 Å². The fraction of sp³-hybridized carbons (Fsp3) is 0.206. The molecule has 0 unspecified atom stereocenters. The van der Waals surface area contributed by atoms with Crippen molar-refractivity contribution in [1.82, 2.24) is 9.80 Å². The van der Waals surface area contributed by atoms with Crippen LogP contribution in [0.2, 0.25) is 0 Å². The zero-order valence-electron chi connectivity index (χ0n) is 24.7. The molecule has 0 saturated carbocycles. The van der Waals surface area contributed by atoms with Crippen LogP contribution in [0.3, 0.4) is 0 Å². The van der Waals surface area contributed by atoms with Gasteiger partial charge in [0.15, 0.2) is 0 Å². The van der Waals surface area contributed by atoms with Gasteiger partial charge in [-0.15, -0.1) is 0 Å². The largest absolute Gasteiger partial charge is 0.497 e. The summed E-state index contributed by atoms with van der Waals surface area (Å²) in [6.45, 7) is 2.18. The molecule has 5 rings (SSSR count). The molecule has 0 aromatic heterocycles. The van der Waals surface area contributed by atoms with Crippen LogP contribution in [0.15, 0.2) is 97.1 Å². The lowest BCUT2D eigenvalue weighted by Gasteiger charge is -2.36. The van der Waals surface area contributed by atoms with Gasteiger partial charge in [0.25, 0.3) is 5.91 Å². The Morgan fingerprint density at radius 3 is 1.89 bits per heavy atom. The van der Waals surface area contributed by atoms with Gasteiger partial charge in [-0.25, -0.2) is 13.6 Å². The number of amides is 4. The van der Waals surface area contributed by atoms with E-state index in [-0.39, 0.29) is 24.7 Å². The molecular weight excluding hydrogens is 580 g/mol. The Kier molecular flexibility index (Phi) is 9.88. The molecule has 0 atom stereocenters. The molecule has 4 aromatic carbocycles. The van der Waals surface area contributed by atoms with Crippen LogP contribution in [0.5, 0.6) is 5.75 Å². The number of ether oxygens (including phenoxy) is 1. The van der Waals surface area contributed by atoms with Crippen molar-refractivity contribution in [3.8, 4) is 5.75 Å². The third-order valence-corrected chi connectivity index (χ3v) is 7.42. The summed E-state index contributed by atoms with van der Waals surface area (Å²) in [6, 6.07) is 25.1. The summed E-state index contributed by atoms with van der Waals surface area (Å²) in [5, 5.41) is 5.73. The number of nitrogens with one attached hydrogen (secondary N) is 2. The van der Waals surface area contributed by atoms with Crippen LogP contribution < -0.4 is 20.3 Å². The molecule has 1 aliphatic heterocycles. The Morgan fingerprint density at radius 2 is 1.29 bits per heavy atom. The van der Waals surface area contributed by atoms with Gasteiger partial charge >= 0.3 is 6.03 Å². The number of urea groups is 1. The fourth-order valence-corrected chi connectivity index (χ4v) is 4.96. The highest BCUT2D eigenvalue weighted by atomic mass is 19.1. The Hall–Kier alpha value is -5.45. The fourth-order valence-electron chi connectivity index (χ4n) is 4.96. The number of hydrogen-bond donors (Lipinski definition) is 2. The topological polar surface area (TPSA) is 94.2 Å². The molecule has 1 fully saturated rings. The standard InChI is InChI=1S/C34H33F2N5O4/c1-45-31-16-12-29(13-17-31)38-34(44)40-20-18-39(19-21-40)30-14-10-28(11-15-30)37-32(42)23-41(22-24-2-6-26(35)7-3-24)33(43)25-4-8-27(36)9-5-25/h2-17H,18-23H2,1H3,(H,37,42)(H,38,44). The molecule has 1 saturated heterocycles. The van der Waals surface area contributed by atoms with Gasteiger partial charge in [-0.1, -0.05) is 12.1 Å². The molecule has 0 spiro atoms. The molecule has 9 nitrogen and oxygen atoms in total. The number of rotatable bonds is 9. The van der Waals surface area contributed by atoms with E-state index in [2.05, 4.69) is 15.5 Å². The van der Waals surface area contributed by atoms with Crippen LogP contribution >= 0.6 is 0 Å². The SMILES string of the molecule is COc1ccc(NC(=O)N2CCN(c3ccc(NC(=O)CN(Cc4ccc(F)cc4)C(=O)c4ccc(F)cc4)cc3)CC2)cc1. The van der Waals surface area contributed by atoms with Crippen molar-refractivity contribution < 1.29 is 27.9 Å².